The lowest BCUT2D eigenvalue weighted by atomic mass is 9.95. The second-order valence-corrected chi connectivity index (χ2v) is 5.02. The molecule has 1 fully saturated rings. The van der Waals surface area contributed by atoms with E-state index in [4.69, 9.17) is 9.84 Å². The van der Waals surface area contributed by atoms with Crippen LogP contribution in [0.15, 0.2) is 0 Å². The van der Waals surface area contributed by atoms with Gasteiger partial charge in [-0.2, -0.15) is 0 Å². The molecule has 1 heterocycles. The molecule has 1 aliphatic rings. The number of rotatable bonds is 3. The van der Waals surface area contributed by atoms with Gasteiger partial charge in [-0.3, -0.25) is 4.79 Å². The minimum absolute atomic E-state index is 0.0537. The number of nitrogens with zero attached hydrogens (tertiary/aromatic N) is 1. The van der Waals surface area contributed by atoms with Gasteiger partial charge in [0.2, 0.25) is 0 Å². The molecule has 0 spiro atoms. The van der Waals surface area contributed by atoms with Crippen molar-refractivity contribution in [2.24, 2.45) is 5.41 Å². The number of hydrogen-bond acceptors (Lipinski definition) is 3. The zero-order chi connectivity index (χ0) is 11.6. The Morgan fingerprint density at radius 2 is 2.20 bits per heavy atom. The van der Waals surface area contributed by atoms with Gasteiger partial charge < -0.3 is 14.7 Å². The van der Waals surface area contributed by atoms with Crippen LogP contribution in [-0.2, 0) is 9.53 Å². The lowest BCUT2D eigenvalue weighted by molar-refractivity contribution is -0.138. The summed E-state index contributed by atoms with van der Waals surface area (Å²) in [6.07, 6.45) is -0.460. The van der Waals surface area contributed by atoms with Gasteiger partial charge in [0.1, 0.15) is 6.61 Å². The van der Waals surface area contributed by atoms with Crippen molar-refractivity contribution in [1.82, 2.24) is 4.90 Å². The fourth-order valence-corrected chi connectivity index (χ4v) is 1.56. The van der Waals surface area contributed by atoms with E-state index in [-0.39, 0.29) is 24.5 Å². The maximum absolute atomic E-state index is 11.4. The topological polar surface area (TPSA) is 66.8 Å². The molecule has 5 nitrogen and oxygen atoms in total. The van der Waals surface area contributed by atoms with Crippen molar-refractivity contribution in [3.8, 4) is 0 Å². The van der Waals surface area contributed by atoms with Crippen molar-refractivity contribution in [2.75, 3.05) is 13.2 Å². The molecule has 1 saturated heterocycles. The number of cyclic esters (lactones) is 1. The van der Waals surface area contributed by atoms with Crippen molar-refractivity contribution in [2.45, 2.75) is 33.2 Å². The molecule has 0 radical (unpaired) electrons. The Morgan fingerprint density at radius 3 is 2.67 bits per heavy atom. The summed E-state index contributed by atoms with van der Waals surface area (Å²) in [6, 6.07) is -0.325. The SMILES string of the molecule is CC(C)(C)CN1C(=O)OCC1CC(=O)O. The molecule has 1 rings (SSSR count). The Hall–Kier alpha value is -1.26. The highest BCUT2D eigenvalue weighted by Crippen LogP contribution is 2.22. The summed E-state index contributed by atoms with van der Waals surface area (Å²) < 4.78 is 4.85. The van der Waals surface area contributed by atoms with Crippen LogP contribution in [0.2, 0.25) is 0 Å². The van der Waals surface area contributed by atoms with E-state index in [0.717, 1.165) is 0 Å². The van der Waals surface area contributed by atoms with Crippen LogP contribution in [0, 0.1) is 5.41 Å². The van der Waals surface area contributed by atoms with E-state index in [1.54, 1.807) is 0 Å². The zero-order valence-electron chi connectivity index (χ0n) is 9.32. The van der Waals surface area contributed by atoms with Crippen LogP contribution in [0.1, 0.15) is 27.2 Å². The Morgan fingerprint density at radius 1 is 1.60 bits per heavy atom. The first kappa shape index (κ1) is 11.8. The molecule has 5 heteroatoms. The van der Waals surface area contributed by atoms with Crippen molar-refractivity contribution >= 4 is 12.1 Å². The Kier molecular flexibility index (Phi) is 3.21. The molecule has 86 valence electrons. The van der Waals surface area contributed by atoms with Crippen molar-refractivity contribution in [3.05, 3.63) is 0 Å². The first-order valence-electron chi connectivity index (χ1n) is 4.95. The standard InChI is InChI=1S/C10H17NO4/c1-10(2,3)6-11-7(4-8(12)13)5-15-9(11)14/h7H,4-6H2,1-3H3,(H,12,13). The lowest BCUT2D eigenvalue weighted by Crippen LogP contribution is -2.40. The van der Waals surface area contributed by atoms with E-state index >= 15 is 0 Å². The molecule has 0 aliphatic carbocycles. The molecule has 0 aromatic rings. The number of amides is 1. The van der Waals surface area contributed by atoms with E-state index in [1.807, 2.05) is 20.8 Å². The molecule has 1 atom stereocenters. The Labute approximate surface area is 89.0 Å². The predicted molar refractivity (Wildman–Crippen MR) is 53.5 cm³/mol. The number of hydrogen-bond donors (Lipinski definition) is 1. The third kappa shape index (κ3) is 3.42. The summed E-state index contributed by atoms with van der Waals surface area (Å²) in [5.74, 6) is -0.905. The van der Waals surface area contributed by atoms with E-state index in [9.17, 15) is 9.59 Å². The first-order valence-corrected chi connectivity index (χ1v) is 4.95. The first-order chi connectivity index (χ1) is 6.79. The fraction of sp³-hybridized carbons (Fsp3) is 0.800. The Bertz CT molecular complexity index is 269. The highest BCUT2D eigenvalue weighted by Gasteiger charge is 2.36. The summed E-state index contributed by atoms with van der Waals surface area (Å²) in [6.45, 7) is 6.69. The van der Waals surface area contributed by atoms with Crippen molar-refractivity contribution < 1.29 is 19.4 Å². The van der Waals surface area contributed by atoms with E-state index in [1.165, 1.54) is 4.90 Å². The number of carboxylic acids is 1. The molecule has 0 bridgehead atoms. The molecular weight excluding hydrogens is 198 g/mol. The molecule has 1 amide bonds. The summed E-state index contributed by atoms with van der Waals surface area (Å²) >= 11 is 0. The van der Waals surface area contributed by atoms with Crippen LogP contribution < -0.4 is 0 Å². The van der Waals surface area contributed by atoms with Gasteiger partial charge in [0.05, 0.1) is 12.5 Å². The number of ether oxygens (including phenoxy) is 1. The molecule has 1 N–H and O–H groups in total. The van der Waals surface area contributed by atoms with Crippen LogP contribution in [0.4, 0.5) is 4.79 Å². The third-order valence-corrected chi connectivity index (χ3v) is 2.13. The van der Waals surface area contributed by atoms with Gasteiger partial charge in [-0.1, -0.05) is 20.8 Å². The molecule has 1 unspecified atom stereocenters. The molecule has 0 saturated carbocycles. The molecule has 1 aliphatic heterocycles. The van der Waals surface area contributed by atoms with Gasteiger partial charge in [-0.05, 0) is 5.41 Å². The number of carbonyl (C=O) groups excluding carboxylic acids is 1. The van der Waals surface area contributed by atoms with Crippen molar-refractivity contribution in [3.63, 3.8) is 0 Å². The normalized spacial score (nSPS) is 21.7. The van der Waals surface area contributed by atoms with E-state index < -0.39 is 12.1 Å². The number of carbonyl (C=O) groups is 2. The van der Waals surface area contributed by atoms with Crippen LogP contribution in [0.3, 0.4) is 0 Å². The zero-order valence-corrected chi connectivity index (χ0v) is 9.32. The monoisotopic (exact) mass is 215 g/mol. The van der Waals surface area contributed by atoms with Gasteiger partial charge >= 0.3 is 12.1 Å². The summed E-state index contributed by atoms with van der Waals surface area (Å²) in [7, 11) is 0. The fourth-order valence-electron chi connectivity index (χ4n) is 1.56. The quantitative estimate of drug-likeness (QED) is 0.771. The summed E-state index contributed by atoms with van der Waals surface area (Å²) in [4.78, 5) is 23.4. The van der Waals surface area contributed by atoms with Gasteiger partial charge in [0, 0.05) is 6.54 Å². The second kappa shape index (κ2) is 4.08. The van der Waals surface area contributed by atoms with Gasteiger partial charge in [0.25, 0.3) is 0 Å². The summed E-state index contributed by atoms with van der Waals surface area (Å²) in [5, 5.41) is 8.68. The number of aliphatic carboxylic acids is 1. The second-order valence-electron chi connectivity index (χ2n) is 5.02. The molecule has 0 aromatic carbocycles. The highest BCUT2D eigenvalue weighted by molar-refractivity contribution is 5.73. The number of carboxylic acid groups (broad SMARTS) is 1. The van der Waals surface area contributed by atoms with E-state index in [2.05, 4.69) is 0 Å². The lowest BCUT2D eigenvalue weighted by Gasteiger charge is -2.28. The van der Waals surface area contributed by atoms with Crippen LogP contribution >= 0.6 is 0 Å². The van der Waals surface area contributed by atoms with Crippen molar-refractivity contribution in [1.29, 1.82) is 0 Å². The van der Waals surface area contributed by atoms with Gasteiger partial charge in [-0.25, -0.2) is 4.79 Å². The van der Waals surface area contributed by atoms with Gasteiger partial charge in [-0.15, -0.1) is 0 Å². The van der Waals surface area contributed by atoms with Crippen LogP contribution in [0.5, 0.6) is 0 Å². The minimum Gasteiger partial charge on any atom is -0.481 e. The smallest absolute Gasteiger partial charge is 0.410 e. The van der Waals surface area contributed by atoms with E-state index in [0.29, 0.717) is 6.54 Å². The summed E-state index contributed by atoms with van der Waals surface area (Å²) in [5.41, 5.74) is -0.0554. The maximum Gasteiger partial charge on any atom is 0.410 e. The maximum atomic E-state index is 11.4. The van der Waals surface area contributed by atoms with Gasteiger partial charge in [0.15, 0.2) is 0 Å². The largest absolute Gasteiger partial charge is 0.481 e. The highest BCUT2D eigenvalue weighted by atomic mass is 16.6. The minimum atomic E-state index is -0.905. The average Bonchev–Trinajstić information content (AvgIpc) is 2.32. The molecule has 0 aromatic heterocycles. The molecular formula is C10H17NO4. The Balaban J connectivity index is 2.64. The van der Waals surface area contributed by atoms with Crippen LogP contribution in [0.25, 0.3) is 0 Å². The van der Waals surface area contributed by atoms with Crippen LogP contribution in [-0.4, -0.2) is 41.3 Å². The average molecular weight is 215 g/mol. The molecule has 15 heavy (non-hydrogen) atoms. The third-order valence-electron chi connectivity index (χ3n) is 2.13. The predicted octanol–water partition coefficient (Wildman–Crippen LogP) is 1.33.